The van der Waals surface area contributed by atoms with E-state index in [9.17, 15) is 13.2 Å². The van der Waals surface area contributed by atoms with Gasteiger partial charge in [0.05, 0.1) is 0 Å². The Bertz CT molecular complexity index is 977. The van der Waals surface area contributed by atoms with Crippen molar-refractivity contribution in [2.45, 2.75) is 64.2 Å². The number of hydrogen-bond acceptors (Lipinski definition) is 0. The predicted octanol–water partition coefficient (Wildman–Crippen LogP) is 7.84. The summed E-state index contributed by atoms with van der Waals surface area (Å²) < 4.78 is 58.8. The monoisotopic (exact) mass is 428 g/mol. The zero-order chi connectivity index (χ0) is 22.1. The van der Waals surface area contributed by atoms with E-state index in [1.54, 1.807) is 55.5 Å². The van der Waals surface area contributed by atoms with Gasteiger partial charge in [0.2, 0.25) is 0 Å². The molecule has 31 heavy (non-hydrogen) atoms. The summed E-state index contributed by atoms with van der Waals surface area (Å²) in [7, 11) is 0. The molecule has 5 atom stereocenters. The summed E-state index contributed by atoms with van der Waals surface area (Å²) in [5.74, 6) is 0.580. The van der Waals surface area contributed by atoms with Crippen molar-refractivity contribution in [2.75, 3.05) is 0 Å². The van der Waals surface area contributed by atoms with Gasteiger partial charge in [-0.2, -0.15) is 0 Å². The molecule has 4 rings (SSSR count). The first-order chi connectivity index (χ1) is 14.9. The average molecular weight is 429 g/mol. The number of rotatable bonds is 4. The third kappa shape index (κ3) is 4.22. The number of benzene rings is 1. The minimum atomic E-state index is -1.75. The molecule has 1 aromatic rings. The Morgan fingerprint density at radius 1 is 0.742 bits per heavy atom. The molecule has 0 nitrogen and oxygen atoms in total. The maximum Gasteiger partial charge on any atom is 0.161 e. The summed E-state index contributed by atoms with van der Waals surface area (Å²) in [6, 6.07) is 6.61. The second kappa shape index (κ2) is 9.02. The molecule has 0 amide bonds. The molecule has 0 heterocycles. The van der Waals surface area contributed by atoms with Crippen LogP contribution in [-0.4, -0.2) is 24.7 Å². The van der Waals surface area contributed by atoms with Crippen LogP contribution in [0.5, 0.6) is 0 Å². The fourth-order valence-corrected chi connectivity index (χ4v) is 4.60. The molecule has 0 saturated carbocycles. The van der Waals surface area contributed by atoms with Crippen LogP contribution in [0.4, 0.5) is 17.6 Å². The van der Waals surface area contributed by atoms with Crippen LogP contribution in [0.25, 0.3) is 11.1 Å². The molecule has 5 unspecified atom stereocenters. The lowest BCUT2D eigenvalue weighted by Crippen LogP contribution is -2.26. The van der Waals surface area contributed by atoms with E-state index in [1.165, 1.54) is 0 Å². The number of alkyl halides is 4. The van der Waals surface area contributed by atoms with Crippen molar-refractivity contribution in [1.82, 2.24) is 0 Å². The smallest absolute Gasteiger partial charge is 0.161 e. The van der Waals surface area contributed by atoms with Crippen molar-refractivity contribution in [2.24, 2.45) is 5.92 Å². The van der Waals surface area contributed by atoms with Gasteiger partial charge in [0.25, 0.3) is 0 Å². The van der Waals surface area contributed by atoms with Crippen molar-refractivity contribution >= 4 is 11.1 Å². The van der Waals surface area contributed by atoms with E-state index in [2.05, 4.69) is 6.92 Å². The fraction of sp³-hybridized carbons (Fsp3) is 0.407. The van der Waals surface area contributed by atoms with Crippen LogP contribution < -0.4 is 0 Å². The molecule has 0 N–H and O–H groups in total. The van der Waals surface area contributed by atoms with E-state index in [0.717, 1.165) is 24.8 Å². The standard InChI is InChI=1S/C27H28F4/c1-3-17-12-13-21(25(29)24(17)28)19-8-10-20(11-9-19)23-15-14-22(26(30)27(23)31)18-6-4-16(2)5-7-18/h6,8-16,24-27H,3-5,7H2,1-2H3. The van der Waals surface area contributed by atoms with Gasteiger partial charge in [0.15, 0.2) is 24.7 Å². The zero-order valence-corrected chi connectivity index (χ0v) is 17.9. The maximum absolute atomic E-state index is 15.0. The first-order valence-electron chi connectivity index (χ1n) is 11.1. The molecule has 3 aliphatic carbocycles. The molecule has 0 saturated heterocycles. The van der Waals surface area contributed by atoms with Gasteiger partial charge in [-0.1, -0.05) is 68.5 Å². The molecule has 0 aliphatic heterocycles. The SMILES string of the molecule is CCC1=CC=C(c2ccc(C3=CC=C(C4=CCC(C)CC4)C(F)C3F)cc2)C(F)C1F. The molecular formula is C27H28F4. The Labute approximate surface area is 181 Å². The predicted molar refractivity (Wildman–Crippen MR) is 120 cm³/mol. The molecule has 0 aromatic heterocycles. The largest absolute Gasteiger partial charge is 0.239 e. The van der Waals surface area contributed by atoms with E-state index in [-0.39, 0.29) is 11.1 Å². The van der Waals surface area contributed by atoms with Crippen molar-refractivity contribution in [3.63, 3.8) is 0 Å². The van der Waals surface area contributed by atoms with Crippen LogP contribution in [0, 0.1) is 5.92 Å². The van der Waals surface area contributed by atoms with Crippen LogP contribution >= 0.6 is 0 Å². The summed E-state index contributed by atoms with van der Waals surface area (Å²) in [4.78, 5) is 0. The summed E-state index contributed by atoms with van der Waals surface area (Å²) in [6.07, 6.45) is 4.94. The van der Waals surface area contributed by atoms with Crippen molar-refractivity contribution in [1.29, 1.82) is 0 Å². The van der Waals surface area contributed by atoms with Gasteiger partial charge in [0, 0.05) is 0 Å². The zero-order valence-electron chi connectivity index (χ0n) is 17.9. The van der Waals surface area contributed by atoms with Gasteiger partial charge >= 0.3 is 0 Å². The summed E-state index contributed by atoms with van der Waals surface area (Å²) >= 11 is 0. The highest BCUT2D eigenvalue weighted by Crippen LogP contribution is 2.39. The Kier molecular flexibility index (Phi) is 6.36. The Balaban J connectivity index is 1.58. The topological polar surface area (TPSA) is 0 Å². The highest BCUT2D eigenvalue weighted by atomic mass is 19.2. The second-order valence-corrected chi connectivity index (χ2v) is 8.75. The van der Waals surface area contributed by atoms with Gasteiger partial charge in [-0.05, 0) is 70.6 Å². The fourth-order valence-electron chi connectivity index (χ4n) is 4.60. The Morgan fingerprint density at radius 3 is 1.81 bits per heavy atom. The van der Waals surface area contributed by atoms with Gasteiger partial charge < -0.3 is 0 Å². The van der Waals surface area contributed by atoms with Gasteiger partial charge in [-0.15, -0.1) is 0 Å². The van der Waals surface area contributed by atoms with Crippen LogP contribution in [-0.2, 0) is 0 Å². The lowest BCUT2D eigenvalue weighted by Gasteiger charge is -2.28. The Hall–Kier alpha value is -2.36. The lowest BCUT2D eigenvalue weighted by atomic mass is 9.81. The van der Waals surface area contributed by atoms with Crippen LogP contribution in [0.3, 0.4) is 0 Å². The quantitative estimate of drug-likeness (QED) is 0.429. The van der Waals surface area contributed by atoms with Gasteiger partial charge in [0.1, 0.15) is 0 Å². The van der Waals surface area contributed by atoms with E-state index in [4.69, 9.17) is 0 Å². The molecule has 3 aliphatic rings. The molecular weight excluding hydrogens is 400 g/mol. The first-order valence-corrected chi connectivity index (χ1v) is 11.1. The molecule has 0 radical (unpaired) electrons. The van der Waals surface area contributed by atoms with Crippen molar-refractivity contribution in [3.05, 3.63) is 82.5 Å². The van der Waals surface area contributed by atoms with E-state index in [1.807, 2.05) is 6.08 Å². The second-order valence-electron chi connectivity index (χ2n) is 8.75. The summed E-state index contributed by atoms with van der Waals surface area (Å²) in [6.45, 7) is 3.96. The van der Waals surface area contributed by atoms with Crippen molar-refractivity contribution < 1.29 is 17.6 Å². The van der Waals surface area contributed by atoms with Crippen molar-refractivity contribution in [3.8, 4) is 0 Å². The van der Waals surface area contributed by atoms with Gasteiger partial charge in [-0.3, -0.25) is 0 Å². The normalized spacial score (nSPS) is 31.3. The van der Waals surface area contributed by atoms with Crippen LogP contribution in [0.2, 0.25) is 0 Å². The van der Waals surface area contributed by atoms with Crippen LogP contribution in [0.15, 0.2) is 71.4 Å². The third-order valence-electron chi connectivity index (χ3n) is 6.68. The summed E-state index contributed by atoms with van der Waals surface area (Å²) in [5, 5.41) is 0. The highest BCUT2D eigenvalue weighted by Gasteiger charge is 2.34. The summed E-state index contributed by atoms with van der Waals surface area (Å²) in [5.41, 5.74) is 3.45. The third-order valence-corrected chi connectivity index (χ3v) is 6.68. The van der Waals surface area contributed by atoms with Crippen LogP contribution in [0.1, 0.15) is 50.7 Å². The number of hydrogen-bond donors (Lipinski definition) is 0. The molecule has 0 spiro atoms. The van der Waals surface area contributed by atoms with E-state index >= 15 is 4.39 Å². The van der Waals surface area contributed by atoms with E-state index in [0.29, 0.717) is 34.6 Å². The molecule has 0 fully saturated rings. The van der Waals surface area contributed by atoms with E-state index < -0.39 is 24.7 Å². The molecule has 164 valence electrons. The Morgan fingerprint density at radius 2 is 1.26 bits per heavy atom. The number of halogens is 4. The molecule has 0 bridgehead atoms. The average Bonchev–Trinajstić information content (AvgIpc) is 2.78. The highest BCUT2D eigenvalue weighted by molar-refractivity contribution is 5.78. The lowest BCUT2D eigenvalue weighted by molar-refractivity contribution is 0.239. The maximum atomic E-state index is 15.0. The minimum absolute atomic E-state index is 0.273. The first kappa shape index (κ1) is 21.9. The molecule has 1 aromatic carbocycles. The molecule has 4 heteroatoms. The van der Waals surface area contributed by atoms with Gasteiger partial charge in [-0.25, -0.2) is 17.6 Å². The minimum Gasteiger partial charge on any atom is -0.239 e. The number of allylic oxidation sites excluding steroid dienone is 10.